The number of aryl methyl sites for hydroxylation is 1. The summed E-state index contributed by atoms with van der Waals surface area (Å²) < 4.78 is 1.67. The van der Waals surface area contributed by atoms with E-state index in [0.29, 0.717) is 24.0 Å². The average Bonchev–Trinajstić information content (AvgIpc) is 3.38. The van der Waals surface area contributed by atoms with E-state index >= 15 is 0 Å². The summed E-state index contributed by atoms with van der Waals surface area (Å²) in [7, 11) is 0. The predicted octanol–water partition coefficient (Wildman–Crippen LogP) is 3.28. The Labute approximate surface area is 164 Å². The molecule has 4 rings (SSSR count). The summed E-state index contributed by atoms with van der Waals surface area (Å²) in [6, 6.07) is 14.2. The van der Waals surface area contributed by atoms with Crippen molar-refractivity contribution in [3.8, 4) is 0 Å². The number of anilines is 1. The Hall–Kier alpha value is -3.06. The minimum atomic E-state index is -0.178. The molecule has 1 N–H and O–H groups in total. The molecule has 3 heterocycles. The van der Waals surface area contributed by atoms with Crippen LogP contribution in [0.3, 0.4) is 0 Å². The SMILES string of the molecule is CCn1cc(NC(=O)c2ccc(CN3CCCC3c3ccccn3)cc2)nn1. The highest BCUT2D eigenvalue weighted by atomic mass is 16.1. The molecule has 7 nitrogen and oxygen atoms in total. The summed E-state index contributed by atoms with van der Waals surface area (Å²) in [5.74, 6) is 0.286. The van der Waals surface area contributed by atoms with Crippen molar-refractivity contribution in [1.82, 2.24) is 24.9 Å². The van der Waals surface area contributed by atoms with E-state index in [4.69, 9.17) is 0 Å². The molecular weight excluding hydrogens is 352 g/mol. The molecule has 144 valence electrons. The van der Waals surface area contributed by atoms with E-state index in [2.05, 4.69) is 31.6 Å². The average molecular weight is 376 g/mol. The van der Waals surface area contributed by atoms with Crippen molar-refractivity contribution >= 4 is 11.7 Å². The quantitative estimate of drug-likeness (QED) is 0.714. The van der Waals surface area contributed by atoms with Gasteiger partial charge in [0.25, 0.3) is 5.91 Å². The van der Waals surface area contributed by atoms with Crippen LogP contribution in [0.25, 0.3) is 0 Å². The highest BCUT2D eigenvalue weighted by Gasteiger charge is 2.26. The lowest BCUT2D eigenvalue weighted by atomic mass is 10.1. The fraction of sp³-hybridized carbons (Fsp3) is 0.333. The minimum absolute atomic E-state index is 0.178. The van der Waals surface area contributed by atoms with Crippen LogP contribution in [-0.4, -0.2) is 37.3 Å². The van der Waals surface area contributed by atoms with Crippen molar-refractivity contribution in [2.24, 2.45) is 0 Å². The number of aromatic nitrogens is 4. The van der Waals surface area contributed by atoms with Crippen LogP contribution in [0, 0.1) is 0 Å². The lowest BCUT2D eigenvalue weighted by Crippen LogP contribution is -2.23. The van der Waals surface area contributed by atoms with Crippen LogP contribution in [0.5, 0.6) is 0 Å². The first-order chi connectivity index (χ1) is 13.7. The van der Waals surface area contributed by atoms with Crippen molar-refractivity contribution in [2.75, 3.05) is 11.9 Å². The zero-order valence-corrected chi connectivity index (χ0v) is 16.0. The summed E-state index contributed by atoms with van der Waals surface area (Å²) in [5, 5.41) is 10.7. The molecule has 0 spiro atoms. The van der Waals surface area contributed by atoms with Gasteiger partial charge in [0.15, 0.2) is 5.82 Å². The highest BCUT2D eigenvalue weighted by Crippen LogP contribution is 2.31. The number of hydrogen-bond donors (Lipinski definition) is 1. The highest BCUT2D eigenvalue weighted by molar-refractivity contribution is 6.03. The normalized spacial score (nSPS) is 17.0. The van der Waals surface area contributed by atoms with Crippen molar-refractivity contribution in [3.63, 3.8) is 0 Å². The summed E-state index contributed by atoms with van der Waals surface area (Å²) in [6.45, 7) is 4.61. The number of likely N-dealkylation sites (tertiary alicyclic amines) is 1. The second-order valence-electron chi connectivity index (χ2n) is 6.99. The van der Waals surface area contributed by atoms with E-state index in [1.165, 1.54) is 12.0 Å². The molecule has 0 bridgehead atoms. The smallest absolute Gasteiger partial charge is 0.256 e. The Bertz CT molecular complexity index is 922. The van der Waals surface area contributed by atoms with E-state index in [1.54, 1.807) is 10.9 Å². The maximum Gasteiger partial charge on any atom is 0.256 e. The molecule has 1 atom stereocenters. The van der Waals surface area contributed by atoms with Crippen molar-refractivity contribution in [1.29, 1.82) is 0 Å². The second-order valence-corrected chi connectivity index (χ2v) is 6.99. The largest absolute Gasteiger partial charge is 0.304 e. The molecule has 1 fully saturated rings. The first kappa shape index (κ1) is 18.3. The van der Waals surface area contributed by atoms with Crippen LogP contribution in [0.4, 0.5) is 5.82 Å². The fourth-order valence-corrected chi connectivity index (χ4v) is 3.62. The molecule has 1 aliphatic heterocycles. The molecule has 1 amide bonds. The number of rotatable bonds is 6. The second kappa shape index (κ2) is 8.31. The summed E-state index contributed by atoms with van der Waals surface area (Å²) in [5.41, 5.74) is 2.94. The number of hydrogen-bond acceptors (Lipinski definition) is 5. The van der Waals surface area contributed by atoms with Gasteiger partial charge in [-0.05, 0) is 56.1 Å². The molecule has 2 aromatic heterocycles. The third-order valence-electron chi connectivity index (χ3n) is 5.10. The van der Waals surface area contributed by atoms with E-state index in [0.717, 1.165) is 25.2 Å². The first-order valence-electron chi connectivity index (χ1n) is 9.68. The summed E-state index contributed by atoms with van der Waals surface area (Å²) in [6.07, 6.45) is 5.89. The summed E-state index contributed by atoms with van der Waals surface area (Å²) in [4.78, 5) is 19.4. The first-order valence-corrected chi connectivity index (χ1v) is 9.68. The third-order valence-corrected chi connectivity index (χ3v) is 5.10. The number of nitrogens with zero attached hydrogens (tertiary/aromatic N) is 5. The zero-order chi connectivity index (χ0) is 19.3. The molecule has 28 heavy (non-hydrogen) atoms. The van der Waals surface area contributed by atoms with E-state index in [-0.39, 0.29) is 5.91 Å². The number of carbonyl (C=O) groups is 1. The van der Waals surface area contributed by atoms with Crippen molar-refractivity contribution in [2.45, 2.75) is 38.9 Å². The van der Waals surface area contributed by atoms with Crippen LogP contribution >= 0.6 is 0 Å². The molecule has 1 aromatic carbocycles. The zero-order valence-electron chi connectivity index (χ0n) is 16.0. The Morgan fingerprint density at radius 2 is 2.07 bits per heavy atom. The van der Waals surface area contributed by atoms with Gasteiger partial charge in [-0.2, -0.15) is 0 Å². The molecule has 0 radical (unpaired) electrons. The van der Waals surface area contributed by atoms with Crippen LogP contribution in [0.2, 0.25) is 0 Å². The Balaban J connectivity index is 1.39. The van der Waals surface area contributed by atoms with Crippen LogP contribution in [0.1, 0.15) is 47.4 Å². The number of benzene rings is 1. The van der Waals surface area contributed by atoms with Crippen molar-refractivity contribution < 1.29 is 4.79 Å². The lowest BCUT2D eigenvalue weighted by molar-refractivity contribution is 0.102. The van der Waals surface area contributed by atoms with Crippen LogP contribution in [-0.2, 0) is 13.1 Å². The van der Waals surface area contributed by atoms with Gasteiger partial charge in [-0.1, -0.05) is 23.4 Å². The third kappa shape index (κ3) is 4.09. The standard InChI is InChI=1S/C21H24N6O/c1-2-27-15-20(24-25-27)23-21(28)17-10-8-16(9-11-17)14-26-13-5-7-19(26)18-6-3-4-12-22-18/h3-4,6,8-12,15,19H,2,5,7,13-14H2,1H3,(H,23,28). The predicted molar refractivity (Wildman–Crippen MR) is 107 cm³/mol. The van der Waals surface area contributed by atoms with Crippen LogP contribution < -0.4 is 5.32 Å². The van der Waals surface area contributed by atoms with Gasteiger partial charge >= 0.3 is 0 Å². The molecule has 7 heteroatoms. The fourth-order valence-electron chi connectivity index (χ4n) is 3.62. The van der Waals surface area contributed by atoms with Crippen molar-refractivity contribution in [3.05, 3.63) is 71.7 Å². The van der Waals surface area contributed by atoms with Gasteiger partial charge in [0, 0.05) is 24.8 Å². The molecule has 3 aromatic rings. The van der Waals surface area contributed by atoms with Gasteiger partial charge in [0.2, 0.25) is 0 Å². The Morgan fingerprint density at radius 1 is 1.21 bits per heavy atom. The van der Waals surface area contributed by atoms with Gasteiger partial charge in [-0.25, -0.2) is 0 Å². The number of amides is 1. The molecule has 0 aliphatic carbocycles. The molecule has 0 saturated carbocycles. The molecule has 1 unspecified atom stereocenters. The van der Waals surface area contributed by atoms with Gasteiger partial charge in [-0.3, -0.25) is 19.4 Å². The maximum absolute atomic E-state index is 12.4. The number of carbonyl (C=O) groups excluding carboxylic acids is 1. The topological polar surface area (TPSA) is 75.9 Å². The lowest BCUT2D eigenvalue weighted by Gasteiger charge is -2.24. The number of pyridine rings is 1. The minimum Gasteiger partial charge on any atom is -0.304 e. The maximum atomic E-state index is 12.4. The van der Waals surface area contributed by atoms with E-state index in [9.17, 15) is 4.79 Å². The Morgan fingerprint density at radius 3 is 2.79 bits per heavy atom. The van der Waals surface area contributed by atoms with Gasteiger partial charge in [0.05, 0.1) is 17.9 Å². The molecule has 1 saturated heterocycles. The summed E-state index contributed by atoms with van der Waals surface area (Å²) >= 11 is 0. The van der Waals surface area contributed by atoms with Gasteiger partial charge in [-0.15, -0.1) is 5.10 Å². The van der Waals surface area contributed by atoms with E-state index in [1.807, 2.05) is 49.5 Å². The molecule has 1 aliphatic rings. The van der Waals surface area contributed by atoms with Gasteiger partial charge in [0.1, 0.15) is 0 Å². The molecular formula is C21H24N6O. The van der Waals surface area contributed by atoms with E-state index < -0.39 is 0 Å². The monoisotopic (exact) mass is 376 g/mol. The van der Waals surface area contributed by atoms with Crippen LogP contribution in [0.15, 0.2) is 54.9 Å². The number of nitrogens with one attached hydrogen (secondary N) is 1. The Kier molecular flexibility index (Phi) is 5.43. The van der Waals surface area contributed by atoms with Gasteiger partial charge < -0.3 is 5.32 Å².